The maximum absolute atomic E-state index is 11.8. The molecule has 3 saturated carbocycles. The summed E-state index contributed by atoms with van der Waals surface area (Å²) in [5, 5.41) is 0. The molecule has 0 saturated heterocycles. The first-order valence-electron chi connectivity index (χ1n) is 14.3. The second-order valence-corrected chi connectivity index (χ2v) is 14.2. The molecule has 0 radical (unpaired) electrons. The predicted octanol–water partition coefficient (Wildman–Crippen LogP) is 9.05. The Morgan fingerprint density at radius 2 is 1.68 bits per heavy atom. The minimum absolute atomic E-state index is 0.0529. The van der Waals surface area contributed by atoms with Gasteiger partial charge in [0, 0.05) is 12.3 Å². The number of carbonyl (C=O) groups excluding carboxylic acids is 1. The number of allylic oxidation sites excluding steroid dienone is 4. The summed E-state index contributed by atoms with van der Waals surface area (Å²) in [5.41, 5.74) is 6.29. The van der Waals surface area contributed by atoms with Crippen molar-refractivity contribution in [2.24, 2.45) is 39.4 Å². The van der Waals surface area contributed by atoms with Crippen molar-refractivity contribution in [1.82, 2.24) is 0 Å². The van der Waals surface area contributed by atoms with E-state index < -0.39 is 0 Å². The molecule has 0 aromatic carbocycles. The molecule has 192 valence electrons. The summed E-state index contributed by atoms with van der Waals surface area (Å²) in [7, 11) is 0. The molecule has 4 aliphatic rings. The van der Waals surface area contributed by atoms with Gasteiger partial charge in [-0.1, -0.05) is 64.3 Å². The highest BCUT2D eigenvalue weighted by Crippen LogP contribution is 2.74. The molecule has 2 heteroatoms. The zero-order valence-corrected chi connectivity index (χ0v) is 23.8. The second kappa shape index (κ2) is 8.81. The number of carbonyl (C=O) groups is 1. The number of rotatable bonds is 5. The molecular weight excluding hydrogens is 416 g/mol. The first-order chi connectivity index (χ1) is 15.8. The maximum atomic E-state index is 11.8. The average molecular weight is 469 g/mol. The first-order valence-corrected chi connectivity index (χ1v) is 14.3. The molecule has 0 amide bonds. The van der Waals surface area contributed by atoms with E-state index in [1.165, 1.54) is 63.4 Å². The quantitative estimate of drug-likeness (QED) is 0.297. The fourth-order valence-electron chi connectivity index (χ4n) is 9.98. The highest BCUT2D eigenvalue weighted by Gasteiger charge is 2.67. The van der Waals surface area contributed by atoms with E-state index in [-0.39, 0.29) is 17.5 Å². The number of hydrogen-bond donors (Lipinski definition) is 0. The smallest absolute Gasteiger partial charge is 0.302 e. The lowest BCUT2D eigenvalue weighted by atomic mass is 9.36. The fraction of sp³-hybridized carbons (Fsp3) is 0.844. The van der Waals surface area contributed by atoms with Crippen LogP contribution in [0.1, 0.15) is 127 Å². The Balaban J connectivity index is 1.62. The van der Waals surface area contributed by atoms with Crippen LogP contribution in [0.4, 0.5) is 0 Å². The van der Waals surface area contributed by atoms with Crippen LogP contribution >= 0.6 is 0 Å². The van der Waals surface area contributed by atoms with Gasteiger partial charge in [-0.3, -0.25) is 4.79 Å². The molecule has 0 aromatic rings. The molecule has 0 heterocycles. The Labute approximate surface area is 210 Å². The third kappa shape index (κ3) is 3.85. The summed E-state index contributed by atoms with van der Waals surface area (Å²) in [6.07, 6.45) is 15.2. The summed E-state index contributed by atoms with van der Waals surface area (Å²) >= 11 is 0. The van der Waals surface area contributed by atoms with Crippen LogP contribution in [0.5, 0.6) is 0 Å². The van der Waals surface area contributed by atoms with Crippen LogP contribution in [0.3, 0.4) is 0 Å². The van der Waals surface area contributed by atoms with Crippen molar-refractivity contribution in [1.29, 1.82) is 0 Å². The molecule has 34 heavy (non-hydrogen) atoms. The Bertz CT molecular complexity index is 873. The van der Waals surface area contributed by atoms with Gasteiger partial charge in [-0.05, 0) is 112 Å². The number of fused-ring (bicyclic) bond motifs is 5. The van der Waals surface area contributed by atoms with Gasteiger partial charge in [-0.25, -0.2) is 0 Å². The molecule has 0 spiro atoms. The summed E-state index contributed by atoms with van der Waals surface area (Å²) < 4.78 is 5.89. The molecule has 4 aliphatic carbocycles. The zero-order chi connectivity index (χ0) is 25.1. The highest BCUT2D eigenvalue weighted by atomic mass is 16.5. The number of esters is 1. The van der Waals surface area contributed by atoms with E-state index in [2.05, 4.69) is 61.5 Å². The lowest BCUT2D eigenvalue weighted by Gasteiger charge is -2.69. The standard InChI is InChI=1S/C32H52O2/c1-21(2)11-10-12-22(3)24-15-19-31(8)25(24)13-14-27-30(7)18-17-28(34-23(4)33)29(5,6)26(30)16-20-32(27,31)9/h11,22,26-28H,10,12-20H2,1-9H3/t22-,26-,27+,28-,30-,31+,32+/m0/s1. The minimum atomic E-state index is -0.112. The third-order valence-electron chi connectivity index (χ3n) is 11.9. The van der Waals surface area contributed by atoms with Gasteiger partial charge in [-0.2, -0.15) is 0 Å². The predicted molar refractivity (Wildman–Crippen MR) is 142 cm³/mol. The van der Waals surface area contributed by atoms with Crippen LogP contribution < -0.4 is 0 Å². The molecule has 0 aliphatic heterocycles. The summed E-state index contributed by atoms with van der Waals surface area (Å²) in [4.78, 5) is 11.8. The lowest BCUT2D eigenvalue weighted by Crippen LogP contribution is -2.63. The van der Waals surface area contributed by atoms with E-state index in [9.17, 15) is 4.79 Å². The van der Waals surface area contributed by atoms with Crippen molar-refractivity contribution in [2.45, 2.75) is 133 Å². The van der Waals surface area contributed by atoms with E-state index >= 15 is 0 Å². The Kier molecular flexibility index (Phi) is 6.74. The second-order valence-electron chi connectivity index (χ2n) is 14.2. The topological polar surface area (TPSA) is 26.3 Å². The van der Waals surface area contributed by atoms with Gasteiger partial charge in [0.05, 0.1) is 0 Å². The molecule has 2 nitrogen and oxygen atoms in total. The van der Waals surface area contributed by atoms with E-state index in [4.69, 9.17) is 4.74 Å². The molecule has 4 rings (SSSR count). The van der Waals surface area contributed by atoms with Crippen molar-refractivity contribution >= 4 is 5.97 Å². The largest absolute Gasteiger partial charge is 0.462 e. The molecule has 7 atom stereocenters. The van der Waals surface area contributed by atoms with Gasteiger partial charge >= 0.3 is 5.97 Å². The average Bonchev–Trinajstić information content (AvgIpc) is 3.08. The summed E-state index contributed by atoms with van der Waals surface area (Å²) in [6, 6.07) is 0. The molecule has 0 N–H and O–H groups in total. The molecule has 0 unspecified atom stereocenters. The zero-order valence-electron chi connectivity index (χ0n) is 23.8. The molecule has 0 bridgehead atoms. The lowest BCUT2D eigenvalue weighted by molar-refractivity contribution is -0.210. The van der Waals surface area contributed by atoms with E-state index in [1.807, 2.05) is 11.1 Å². The van der Waals surface area contributed by atoms with Crippen molar-refractivity contribution in [3.05, 3.63) is 22.8 Å². The number of ether oxygens (including phenoxy) is 1. The van der Waals surface area contributed by atoms with E-state index in [0.717, 1.165) is 18.3 Å². The van der Waals surface area contributed by atoms with E-state index in [0.29, 0.717) is 22.2 Å². The van der Waals surface area contributed by atoms with E-state index in [1.54, 1.807) is 6.92 Å². The normalized spacial score (nSPS) is 41.7. The summed E-state index contributed by atoms with van der Waals surface area (Å²) in [5.74, 6) is 2.01. The van der Waals surface area contributed by atoms with Gasteiger partial charge < -0.3 is 4.74 Å². The monoisotopic (exact) mass is 468 g/mol. The SMILES string of the molecule is CC(=O)O[C@H]1CC[C@]2(C)[C@H]3CCC4=C([C@@H](C)CCC=C(C)C)CC[C@@]4(C)[C@]3(C)CC[C@H]2C1(C)C. The van der Waals surface area contributed by atoms with Crippen molar-refractivity contribution < 1.29 is 9.53 Å². The fourth-order valence-corrected chi connectivity index (χ4v) is 9.98. The first kappa shape index (κ1) is 26.0. The van der Waals surface area contributed by atoms with Crippen LogP contribution in [0.25, 0.3) is 0 Å². The molecule has 3 fully saturated rings. The molecule has 0 aromatic heterocycles. The Morgan fingerprint density at radius 1 is 0.971 bits per heavy atom. The van der Waals surface area contributed by atoms with Gasteiger partial charge in [0.25, 0.3) is 0 Å². The Hall–Kier alpha value is -1.05. The van der Waals surface area contributed by atoms with Gasteiger partial charge in [0.15, 0.2) is 0 Å². The molecular formula is C32H52O2. The van der Waals surface area contributed by atoms with Crippen LogP contribution in [0.2, 0.25) is 0 Å². The third-order valence-corrected chi connectivity index (χ3v) is 11.9. The minimum Gasteiger partial charge on any atom is -0.462 e. The van der Waals surface area contributed by atoms with Gasteiger partial charge in [0.1, 0.15) is 6.10 Å². The van der Waals surface area contributed by atoms with Crippen LogP contribution in [0, 0.1) is 39.4 Å². The van der Waals surface area contributed by atoms with Crippen LogP contribution in [-0.4, -0.2) is 12.1 Å². The summed E-state index contributed by atoms with van der Waals surface area (Å²) in [6.45, 7) is 21.3. The van der Waals surface area contributed by atoms with Crippen LogP contribution in [0.15, 0.2) is 22.8 Å². The maximum Gasteiger partial charge on any atom is 0.302 e. The van der Waals surface area contributed by atoms with Crippen molar-refractivity contribution in [2.75, 3.05) is 0 Å². The van der Waals surface area contributed by atoms with Crippen LogP contribution in [-0.2, 0) is 9.53 Å². The Morgan fingerprint density at radius 3 is 2.32 bits per heavy atom. The van der Waals surface area contributed by atoms with Gasteiger partial charge in [-0.15, -0.1) is 0 Å². The van der Waals surface area contributed by atoms with Crippen molar-refractivity contribution in [3.63, 3.8) is 0 Å². The highest BCUT2D eigenvalue weighted by molar-refractivity contribution is 5.66. The van der Waals surface area contributed by atoms with Crippen molar-refractivity contribution in [3.8, 4) is 0 Å². The van der Waals surface area contributed by atoms with Gasteiger partial charge in [0.2, 0.25) is 0 Å². The number of hydrogen-bond acceptors (Lipinski definition) is 2.